The zero-order chi connectivity index (χ0) is 11.8. The number of para-hydroxylation sites is 1. The maximum atomic E-state index is 6.00. The molecule has 1 aromatic carbocycles. The van der Waals surface area contributed by atoms with Crippen LogP contribution in [0.25, 0.3) is 17.0 Å². The van der Waals surface area contributed by atoms with Gasteiger partial charge < -0.3 is 5.73 Å². The van der Waals surface area contributed by atoms with Gasteiger partial charge in [-0.25, -0.2) is 0 Å². The predicted molar refractivity (Wildman–Crippen MR) is 67.8 cm³/mol. The number of nitrogen functional groups attached to an aromatic ring is 1. The molecule has 0 saturated heterocycles. The maximum absolute atomic E-state index is 6.00. The first-order chi connectivity index (χ1) is 8.27. The van der Waals surface area contributed by atoms with Crippen LogP contribution in [0.15, 0.2) is 42.6 Å². The quantitative estimate of drug-likeness (QED) is 0.670. The Labute approximate surface area is 103 Å². The largest absolute Gasteiger partial charge is 0.397 e. The highest BCUT2D eigenvalue weighted by molar-refractivity contribution is 6.33. The lowest BCUT2D eigenvalue weighted by atomic mass is 10.1. The molecule has 0 fully saturated rings. The van der Waals surface area contributed by atoms with Crippen molar-refractivity contribution >= 4 is 22.9 Å². The zero-order valence-electron chi connectivity index (χ0n) is 8.84. The summed E-state index contributed by atoms with van der Waals surface area (Å²) < 4.78 is 1.88. The fourth-order valence-corrected chi connectivity index (χ4v) is 1.93. The molecule has 4 nitrogen and oxygen atoms in total. The highest BCUT2D eigenvalue weighted by atomic mass is 35.5. The van der Waals surface area contributed by atoms with Gasteiger partial charge in [-0.2, -0.15) is 0 Å². The molecular formula is C12H9ClN4. The standard InChI is InChI=1S/C12H9ClN4/c13-9-5-3-4-8(11(9)14)12-16-15-10-6-1-2-7-17(10)12/h1-7H,14H2. The number of halogens is 1. The topological polar surface area (TPSA) is 56.2 Å². The molecule has 2 heterocycles. The number of rotatable bonds is 1. The van der Waals surface area contributed by atoms with Crippen molar-refractivity contribution in [2.75, 3.05) is 5.73 Å². The Morgan fingerprint density at radius 2 is 1.94 bits per heavy atom. The van der Waals surface area contributed by atoms with E-state index in [0.29, 0.717) is 16.5 Å². The summed E-state index contributed by atoms with van der Waals surface area (Å²) in [5.74, 6) is 0.695. The third-order valence-corrected chi connectivity index (χ3v) is 2.94. The van der Waals surface area contributed by atoms with Gasteiger partial charge in [0.1, 0.15) is 0 Å². The molecule has 0 aliphatic rings. The summed E-state index contributed by atoms with van der Waals surface area (Å²) in [4.78, 5) is 0. The number of hydrogen-bond donors (Lipinski definition) is 1. The van der Waals surface area contributed by atoms with E-state index in [1.54, 1.807) is 6.07 Å². The minimum absolute atomic E-state index is 0.521. The van der Waals surface area contributed by atoms with Crippen molar-refractivity contribution < 1.29 is 0 Å². The van der Waals surface area contributed by atoms with Crippen LogP contribution in [-0.4, -0.2) is 14.6 Å². The molecule has 0 aliphatic carbocycles. The summed E-state index contributed by atoms with van der Waals surface area (Å²) in [5, 5.41) is 8.75. The number of anilines is 1. The Hall–Kier alpha value is -2.07. The van der Waals surface area contributed by atoms with Crippen LogP contribution in [0.5, 0.6) is 0 Å². The van der Waals surface area contributed by atoms with Gasteiger partial charge in [0.15, 0.2) is 11.5 Å². The summed E-state index contributed by atoms with van der Waals surface area (Å²) in [6, 6.07) is 11.2. The number of benzene rings is 1. The van der Waals surface area contributed by atoms with E-state index in [0.717, 1.165) is 11.2 Å². The Morgan fingerprint density at radius 1 is 1.06 bits per heavy atom. The fourth-order valence-electron chi connectivity index (χ4n) is 1.76. The lowest BCUT2D eigenvalue weighted by Gasteiger charge is -2.05. The first kappa shape index (κ1) is 10.1. The molecule has 0 bridgehead atoms. The molecule has 3 aromatic rings. The van der Waals surface area contributed by atoms with Gasteiger partial charge in [0, 0.05) is 11.8 Å². The maximum Gasteiger partial charge on any atom is 0.170 e. The number of pyridine rings is 1. The van der Waals surface area contributed by atoms with E-state index in [1.165, 1.54) is 0 Å². The Balaban J connectivity index is 2.31. The molecular weight excluding hydrogens is 236 g/mol. The van der Waals surface area contributed by atoms with Crippen LogP contribution in [0.3, 0.4) is 0 Å². The van der Waals surface area contributed by atoms with Gasteiger partial charge in [-0.15, -0.1) is 10.2 Å². The highest BCUT2D eigenvalue weighted by Gasteiger charge is 2.11. The molecule has 17 heavy (non-hydrogen) atoms. The van der Waals surface area contributed by atoms with Gasteiger partial charge in [0.05, 0.1) is 10.7 Å². The third kappa shape index (κ3) is 1.54. The summed E-state index contributed by atoms with van der Waals surface area (Å²) >= 11 is 6.00. The molecule has 2 aromatic heterocycles. The number of fused-ring (bicyclic) bond motifs is 1. The molecule has 0 unspecified atom stereocenters. The first-order valence-electron chi connectivity index (χ1n) is 5.11. The van der Waals surface area contributed by atoms with Crippen LogP contribution in [0.2, 0.25) is 5.02 Å². The molecule has 3 rings (SSSR count). The molecule has 2 N–H and O–H groups in total. The Kier molecular flexibility index (Phi) is 2.23. The van der Waals surface area contributed by atoms with Crippen molar-refractivity contribution in [2.24, 2.45) is 0 Å². The normalized spacial score (nSPS) is 10.9. The molecule has 0 saturated carbocycles. The SMILES string of the molecule is Nc1c(Cl)cccc1-c1nnc2ccccn12. The first-order valence-corrected chi connectivity index (χ1v) is 5.49. The van der Waals surface area contributed by atoms with Crippen molar-refractivity contribution in [3.05, 3.63) is 47.6 Å². The molecule has 0 radical (unpaired) electrons. The van der Waals surface area contributed by atoms with Crippen LogP contribution in [0.1, 0.15) is 0 Å². The number of nitrogens with two attached hydrogens (primary N) is 1. The van der Waals surface area contributed by atoms with Gasteiger partial charge >= 0.3 is 0 Å². The van der Waals surface area contributed by atoms with Gasteiger partial charge in [-0.1, -0.05) is 23.7 Å². The molecule has 0 amide bonds. The van der Waals surface area contributed by atoms with E-state index in [1.807, 2.05) is 40.9 Å². The minimum Gasteiger partial charge on any atom is -0.397 e. The van der Waals surface area contributed by atoms with E-state index in [4.69, 9.17) is 17.3 Å². The molecule has 0 spiro atoms. The van der Waals surface area contributed by atoms with Gasteiger partial charge in [-0.05, 0) is 24.3 Å². The smallest absolute Gasteiger partial charge is 0.170 e. The highest BCUT2D eigenvalue weighted by Crippen LogP contribution is 2.30. The Bertz CT molecular complexity index is 690. The van der Waals surface area contributed by atoms with Crippen LogP contribution >= 0.6 is 11.6 Å². The summed E-state index contributed by atoms with van der Waals surface area (Å²) in [6.07, 6.45) is 1.89. The lowest BCUT2D eigenvalue weighted by molar-refractivity contribution is 1.11. The molecule has 0 atom stereocenters. The Morgan fingerprint density at radius 3 is 2.82 bits per heavy atom. The monoisotopic (exact) mass is 244 g/mol. The van der Waals surface area contributed by atoms with Crippen molar-refractivity contribution in [3.8, 4) is 11.4 Å². The van der Waals surface area contributed by atoms with Gasteiger partial charge in [0.2, 0.25) is 0 Å². The van der Waals surface area contributed by atoms with E-state index >= 15 is 0 Å². The zero-order valence-corrected chi connectivity index (χ0v) is 9.59. The average molecular weight is 245 g/mol. The summed E-state index contributed by atoms with van der Waals surface area (Å²) in [6.45, 7) is 0. The van der Waals surface area contributed by atoms with E-state index < -0.39 is 0 Å². The molecule has 5 heteroatoms. The van der Waals surface area contributed by atoms with Gasteiger partial charge in [0.25, 0.3) is 0 Å². The fraction of sp³-hybridized carbons (Fsp3) is 0. The minimum atomic E-state index is 0.521. The van der Waals surface area contributed by atoms with Crippen LogP contribution in [-0.2, 0) is 0 Å². The van der Waals surface area contributed by atoms with Crippen LogP contribution in [0, 0.1) is 0 Å². The summed E-state index contributed by atoms with van der Waals surface area (Å²) in [5.41, 5.74) is 8.04. The third-order valence-electron chi connectivity index (χ3n) is 2.61. The van der Waals surface area contributed by atoms with Gasteiger partial charge in [-0.3, -0.25) is 4.40 Å². The summed E-state index contributed by atoms with van der Waals surface area (Å²) in [7, 11) is 0. The second-order valence-corrected chi connectivity index (χ2v) is 4.06. The van der Waals surface area contributed by atoms with Crippen molar-refractivity contribution in [1.29, 1.82) is 0 Å². The number of hydrogen-bond acceptors (Lipinski definition) is 3. The number of aromatic nitrogens is 3. The molecule has 0 aliphatic heterocycles. The molecule has 84 valence electrons. The average Bonchev–Trinajstić information content (AvgIpc) is 2.77. The number of nitrogens with zero attached hydrogens (tertiary/aromatic N) is 3. The second kappa shape index (κ2) is 3.75. The van der Waals surface area contributed by atoms with Crippen molar-refractivity contribution in [3.63, 3.8) is 0 Å². The van der Waals surface area contributed by atoms with Crippen molar-refractivity contribution in [2.45, 2.75) is 0 Å². The predicted octanol–water partition coefficient (Wildman–Crippen LogP) is 2.63. The van der Waals surface area contributed by atoms with Crippen molar-refractivity contribution in [1.82, 2.24) is 14.6 Å². The van der Waals surface area contributed by atoms with Crippen LogP contribution in [0.4, 0.5) is 5.69 Å². The lowest BCUT2D eigenvalue weighted by Crippen LogP contribution is -1.95. The second-order valence-electron chi connectivity index (χ2n) is 3.65. The van der Waals surface area contributed by atoms with E-state index in [-0.39, 0.29) is 0 Å². The van der Waals surface area contributed by atoms with E-state index in [2.05, 4.69) is 10.2 Å². The van der Waals surface area contributed by atoms with E-state index in [9.17, 15) is 0 Å². The van der Waals surface area contributed by atoms with Crippen LogP contribution < -0.4 is 5.73 Å².